The van der Waals surface area contributed by atoms with Gasteiger partial charge in [0.25, 0.3) is 0 Å². The van der Waals surface area contributed by atoms with Gasteiger partial charge in [0, 0.05) is 6.54 Å². The lowest BCUT2D eigenvalue weighted by atomic mass is 10.3. The maximum absolute atomic E-state index is 11.4. The zero-order valence-corrected chi connectivity index (χ0v) is 10.5. The topological polar surface area (TPSA) is 47.6 Å². The van der Waals surface area contributed by atoms with Crippen LogP contribution in [0.3, 0.4) is 0 Å². The molecule has 0 bridgehead atoms. The Morgan fingerprint density at radius 3 is 2.53 bits per heavy atom. The molecule has 1 aromatic carbocycles. The molecule has 0 atom stereocenters. The molecule has 0 saturated heterocycles. The van der Waals surface area contributed by atoms with Crippen molar-refractivity contribution in [3.8, 4) is 11.5 Å². The lowest BCUT2D eigenvalue weighted by molar-refractivity contribution is 0.192. The van der Waals surface area contributed by atoms with E-state index < -0.39 is 6.09 Å². The monoisotopic (exact) mass is 237 g/mol. The van der Waals surface area contributed by atoms with Crippen LogP contribution in [0.25, 0.3) is 0 Å². The van der Waals surface area contributed by atoms with Crippen molar-refractivity contribution in [3.05, 3.63) is 24.3 Å². The van der Waals surface area contributed by atoms with Gasteiger partial charge in [-0.3, -0.25) is 0 Å². The van der Waals surface area contributed by atoms with Crippen LogP contribution in [0, 0.1) is 0 Å². The van der Waals surface area contributed by atoms with Crippen LogP contribution in [-0.2, 0) is 0 Å². The van der Waals surface area contributed by atoms with Gasteiger partial charge in [0.15, 0.2) is 11.5 Å². The van der Waals surface area contributed by atoms with Gasteiger partial charge in [-0.1, -0.05) is 19.1 Å². The molecule has 0 aromatic heterocycles. The maximum Gasteiger partial charge on any atom is 0.412 e. The first-order chi connectivity index (χ1) is 8.13. The largest absolute Gasteiger partial charge is 0.487 e. The zero-order valence-electron chi connectivity index (χ0n) is 10.5. The number of carbonyl (C=O) groups is 1. The van der Waals surface area contributed by atoms with Gasteiger partial charge in [0.05, 0.1) is 6.10 Å². The molecule has 0 heterocycles. The second-order valence-corrected chi connectivity index (χ2v) is 3.93. The van der Waals surface area contributed by atoms with Gasteiger partial charge in [-0.15, -0.1) is 0 Å². The standard InChI is InChI=1S/C13H19NO3/c1-4-9-14-13(15)17-12-8-6-5-7-11(12)16-10(2)3/h5-8,10H,4,9H2,1-3H3,(H,14,15). The van der Waals surface area contributed by atoms with Gasteiger partial charge >= 0.3 is 6.09 Å². The highest BCUT2D eigenvalue weighted by atomic mass is 16.6. The molecule has 0 radical (unpaired) electrons. The Labute approximate surface area is 102 Å². The van der Waals surface area contributed by atoms with Gasteiger partial charge in [0.2, 0.25) is 0 Å². The fourth-order valence-corrected chi connectivity index (χ4v) is 1.25. The average Bonchev–Trinajstić information content (AvgIpc) is 2.28. The highest BCUT2D eigenvalue weighted by molar-refractivity contribution is 5.71. The molecule has 1 amide bonds. The number of benzene rings is 1. The first-order valence-corrected chi connectivity index (χ1v) is 5.84. The van der Waals surface area contributed by atoms with Gasteiger partial charge in [-0.05, 0) is 32.4 Å². The maximum atomic E-state index is 11.4. The summed E-state index contributed by atoms with van der Waals surface area (Å²) in [4.78, 5) is 11.4. The molecule has 1 N–H and O–H groups in total. The second kappa shape index (κ2) is 6.78. The summed E-state index contributed by atoms with van der Waals surface area (Å²) in [6.45, 7) is 6.43. The molecule has 0 aliphatic rings. The third-order valence-corrected chi connectivity index (χ3v) is 1.93. The normalized spacial score (nSPS) is 10.1. The van der Waals surface area contributed by atoms with Crippen molar-refractivity contribution in [2.75, 3.05) is 6.54 Å². The van der Waals surface area contributed by atoms with E-state index in [1.54, 1.807) is 18.2 Å². The fraction of sp³-hybridized carbons (Fsp3) is 0.462. The molecule has 17 heavy (non-hydrogen) atoms. The second-order valence-electron chi connectivity index (χ2n) is 3.93. The Morgan fingerprint density at radius 1 is 1.29 bits per heavy atom. The molecule has 4 heteroatoms. The summed E-state index contributed by atoms with van der Waals surface area (Å²) in [5.74, 6) is 1.02. The van der Waals surface area contributed by atoms with Crippen LogP contribution in [0.2, 0.25) is 0 Å². The number of para-hydroxylation sites is 2. The van der Waals surface area contributed by atoms with Gasteiger partial charge in [0.1, 0.15) is 0 Å². The van der Waals surface area contributed by atoms with Crippen LogP contribution in [0.1, 0.15) is 27.2 Å². The number of amides is 1. The van der Waals surface area contributed by atoms with Crippen molar-refractivity contribution in [3.63, 3.8) is 0 Å². The van der Waals surface area contributed by atoms with Crippen molar-refractivity contribution in [1.82, 2.24) is 5.32 Å². The van der Waals surface area contributed by atoms with Crippen LogP contribution >= 0.6 is 0 Å². The van der Waals surface area contributed by atoms with E-state index in [2.05, 4.69) is 5.32 Å². The first kappa shape index (κ1) is 13.4. The third kappa shape index (κ3) is 4.76. The molecule has 0 saturated carbocycles. The molecular weight excluding hydrogens is 218 g/mol. The van der Waals surface area contributed by atoms with Crippen LogP contribution in [0.15, 0.2) is 24.3 Å². The number of ether oxygens (including phenoxy) is 2. The summed E-state index contributed by atoms with van der Waals surface area (Å²) in [5, 5.41) is 2.64. The van der Waals surface area contributed by atoms with E-state index in [1.807, 2.05) is 26.8 Å². The van der Waals surface area contributed by atoms with E-state index >= 15 is 0 Å². The average molecular weight is 237 g/mol. The molecule has 4 nitrogen and oxygen atoms in total. The minimum absolute atomic E-state index is 0.0402. The van der Waals surface area contributed by atoms with E-state index in [0.717, 1.165) is 6.42 Å². The highest BCUT2D eigenvalue weighted by Gasteiger charge is 2.09. The SMILES string of the molecule is CCCNC(=O)Oc1ccccc1OC(C)C. The summed E-state index contributed by atoms with van der Waals surface area (Å²) in [7, 11) is 0. The van der Waals surface area contributed by atoms with Crippen LogP contribution in [0.4, 0.5) is 4.79 Å². The minimum atomic E-state index is -0.452. The van der Waals surface area contributed by atoms with E-state index in [9.17, 15) is 4.79 Å². The summed E-state index contributed by atoms with van der Waals surface area (Å²) < 4.78 is 10.7. The Morgan fingerprint density at radius 2 is 1.94 bits per heavy atom. The van der Waals surface area contributed by atoms with Crippen molar-refractivity contribution < 1.29 is 14.3 Å². The lowest BCUT2D eigenvalue weighted by Gasteiger charge is -2.13. The van der Waals surface area contributed by atoms with Gasteiger partial charge in [-0.25, -0.2) is 4.79 Å². The molecule has 0 unspecified atom stereocenters. The Hall–Kier alpha value is -1.71. The van der Waals surface area contributed by atoms with E-state index in [1.165, 1.54) is 0 Å². The molecule has 0 spiro atoms. The lowest BCUT2D eigenvalue weighted by Crippen LogP contribution is -2.27. The molecule has 1 aromatic rings. The summed E-state index contributed by atoms with van der Waals surface area (Å²) in [6.07, 6.45) is 0.462. The summed E-state index contributed by atoms with van der Waals surface area (Å²) in [5.41, 5.74) is 0. The van der Waals surface area contributed by atoms with Crippen LogP contribution < -0.4 is 14.8 Å². The van der Waals surface area contributed by atoms with Gasteiger partial charge in [-0.2, -0.15) is 0 Å². The Bertz CT molecular complexity index is 363. The number of hydrogen-bond acceptors (Lipinski definition) is 3. The molecule has 1 rings (SSSR count). The zero-order chi connectivity index (χ0) is 12.7. The van der Waals surface area contributed by atoms with E-state index in [4.69, 9.17) is 9.47 Å². The quantitative estimate of drug-likeness (QED) is 0.856. The molecule has 0 aliphatic heterocycles. The van der Waals surface area contributed by atoms with Crippen molar-refractivity contribution in [2.24, 2.45) is 0 Å². The molecular formula is C13H19NO3. The Balaban J connectivity index is 2.66. The Kier molecular flexibility index (Phi) is 5.33. The number of nitrogens with one attached hydrogen (secondary N) is 1. The van der Waals surface area contributed by atoms with Crippen molar-refractivity contribution in [1.29, 1.82) is 0 Å². The van der Waals surface area contributed by atoms with Crippen LogP contribution in [0.5, 0.6) is 11.5 Å². The molecule has 0 aliphatic carbocycles. The predicted molar refractivity (Wildman–Crippen MR) is 66.5 cm³/mol. The smallest absolute Gasteiger partial charge is 0.412 e. The van der Waals surface area contributed by atoms with E-state index in [-0.39, 0.29) is 6.10 Å². The van der Waals surface area contributed by atoms with Crippen LogP contribution in [-0.4, -0.2) is 18.7 Å². The minimum Gasteiger partial charge on any atom is -0.487 e. The number of hydrogen-bond donors (Lipinski definition) is 1. The highest BCUT2D eigenvalue weighted by Crippen LogP contribution is 2.27. The van der Waals surface area contributed by atoms with Crippen molar-refractivity contribution in [2.45, 2.75) is 33.3 Å². The first-order valence-electron chi connectivity index (χ1n) is 5.84. The summed E-state index contributed by atoms with van der Waals surface area (Å²) in [6, 6.07) is 7.13. The number of carbonyl (C=O) groups excluding carboxylic acids is 1. The fourth-order valence-electron chi connectivity index (χ4n) is 1.25. The van der Waals surface area contributed by atoms with Gasteiger partial charge < -0.3 is 14.8 Å². The van der Waals surface area contributed by atoms with E-state index in [0.29, 0.717) is 18.0 Å². The number of rotatable bonds is 5. The van der Waals surface area contributed by atoms with Crippen molar-refractivity contribution >= 4 is 6.09 Å². The summed E-state index contributed by atoms with van der Waals surface area (Å²) >= 11 is 0. The molecule has 0 fully saturated rings. The third-order valence-electron chi connectivity index (χ3n) is 1.93. The molecule has 94 valence electrons. The predicted octanol–water partition coefficient (Wildman–Crippen LogP) is 2.97.